The Hall–Kier alpha value is -3.38. The third kappa shape index (κ3) is 4.82. The highest BCUT2D eigenvalue weighted by molar-refractivity contribution is 6.00. The minimum absolute atomic E-state index is 0.0221. The summed E-state index contributed by atoms with van der Waals surface area (Å²) in [6, 6.07) is 14.5. The summed E-state index contributed by atoms with van der Waals surface area (Å²) in [5, 5.41) is 4.38. The van der Waals surface area contributed by atoms with Crippen LogP contribution in [0.4, 0.5) is 0 Å². The average molecular weight is 499 g/mol. The van der Waals surface area contributed by atoms with Crippen LogP contribution in [-0.4, -0.2) is 65.4 Å². The van der Waals surface area contributed by atoms with Crippen molar-refractivity contribution < 1.29 is 9.59 Å². The van der Waals surface area contributed by atoms with E-state index in [9.17, 15) is 9.59 Å². The number of carbonyl (C=O) groups is 2. The largest absolute Gasteiger partial charge is 0.352 e. The number of hydrogen-bond acceptors (Lipinski definition) is 3. The van der Waals surface area contributed by atoms with Crippen LogP contribution in [0, 0.1) is 12.8 Å². The lowest BCUT2D eigenvalue weighted by Gasteiger charge is -2.40. The zero-order chi connectivity index (χ0) is 26.1. The van der Waals surface area contributed by atoms with Gasteiger partial charge in [0.15, 0.2) is 0 Å². The van der Waals surface area contributed by atoms with E-state index in [0.29, 0.717) is 18.2 Å². The molecule has 0 radical (unpaired) electrons. The van der Waals surface area contributed by atoms with Gasteiger partial charge >= 0.3 is 0 Å². The lowest BCUT2D eigenvalue weighted by molar-refractivity contribution is -0.134. The number of benzene rings is 2. The number of likely N-dealkylation sites (N-methyl/N-ethyl adjacent to an activating group) is 1. The Kier molecular flexibility index (Phi) is 7.20. The molecule has 6 nitrogen and oxygen atoms in total. The van der Waals surface area contributed by atoms with E-state index in [1.165, 1.54) is 27.6 Å². The van der Waals surface area contributed by atoms with Crippen molar-refractivity contribution in [2.75, 3.05) is 33.2 Å². The minimum Gasteiger partial charge on any atom is -0.352 e. The quantitative estimate of drug-likeness (QED) is 0.465. The molecule has 6 heteroatoms. The van der Waals surface area contributed by atoms with Gasteiger partial charge < -0.3 is 14.8 Å². The van der Waals surface area contributed by atoms with Gasteiger partial charge in [0.05, 0.1) is 5.92 Å². The third-order valence-electron chi connectivity index (χ3n) is 8.03. The van der Waals surface area contributed by atoms with Crippen molar-refractivity contribution >= 4 is 28.3 Å². The zero-order valence-electron chi connectivity index (χ0n) is 22.5. The van der Waals surface area contributed by atoms with Crippen LogP contribution in [-0.2, 0) is 17.8 Å². The van der Waals surface area contributed by atoms with E-state index in [0.717, 1.165) is 44.6 Å². The molecule has 1 aliphatic heterocycles. The van der Waals surface area contributed by atoms with Crippen LogP contribution >= 0.6 is 0 Å². The molecule has 0 fully saturated rings. The monoisotopic (exact) mass is 498 g/mol. The van der Waals surface area contributed by atoms with E-state index in [2.05, 4.69) is 52.3 Å². The second-order valence-corrected chi connectivity index (χ2v) is 10.4. The highest BCUT2D eigenvalue weighted by atomic mass is 16.2. The number of nitrogens with one attached hydrogen (secondary N) is 1. The van der Waals surface area contributed by atoms with Crippen molar-refractivity contribution in [3.8, 4) is 0 Å². The maximum absolute atomic E-state index is 13.2. The molecule has 0 saturated heterocycles. The number of fused-ring (bicyclic) bond motifs is 2. The van der Waals surface area contributed by atoms with Gasteiger partial charge in [-0.3, -0.25) is 14.5 Å². The Labute approximate surface area is 219 Å². The first kappa shape index (κ1) is 25.3. The molecule has 5 rings (SSSR count). The predicted octanol–water partition coefficient (Wildman–Crippen LogP) is 4.51. The van der Waals surface area contributed by atoms with Gasteiger partial charge in [-0.1, -0.05) is 35.9 Å². The molecule has 1 aliphatic carbocycles. The number of aryl methyl sites for hydroxylation is 2. The van der Waals surface area contributed by atoms with Gasteiger partial charge in [0.25, 0.3) is 5.91 Å². The minimum atomic E-state index is -0.104. The molecule has 194 valence electrons. The predicted molar refractivity (Wildman–Crippen MR) is 150 cm³/mol. The van der Waals surface area contributed by atoms with Crippen molar-refractivity contribution in [2.24, 2.45) is 5.92 Å². The molecule has 2 atom stereocenters. The number of rotatable bonds is 8. The maximum Gasteiger partial charge on any atom is 0.251 e. The summed E-state index contributed by atoms with van der Waals surface area (Å²) in [7, 11) is 2.15. The summed E-state index contributed by atoms with van der Waals surface area (Å²) in [6.07, 6.45) is 6.37. The first-order valence-corrected chi connectivity index (χ1v) is 13.6. The van der Waals surface area contributed by atoms with Crippen LogP contribution in [0.25, 0.3) is 16.5 Å². The fraction of sp³-hybridized carbons (Fsp3) is 0.419. The van der Waals surface area contributed by atoms with Gasteiger partial charge in [-0.2, -0.15) is 0 Å². The third-order valence-corrected chi connectivity index (χ3v) is 8.03. The summed E-state index contributed by atoms with van der Waals surface area (Å²) in [4.78, 5) is 30.0. The fourth-order valence-electron chi connectivity index (χ4n) is 6.00. The summed E-state index contributed by atoms with van der Waals surface area (Å²) in [6.45, 7) is 9.85. The topological polar surface area (TPSA) is 57.6 Å². The highest BCUT2D eigenvalue weighted by Gasteiger charge is 2.36. The van der Waals surface area contributed by atoms with E-state index in [1.54, 1.807) is 0 Å². The van der Waals surface area contributed by atoms with Crippen LogP contribution in [0.2, 0.25) is 0 Å². The normalized spacial score (nSPS) is 18.9. The molecular weight excluding hydrogens is 460 g/mol. The van der Waals surface area contributed by atoms with Gasteiger partial charge in [-0.05, 0) is 75.6 Å². The summed E-state index contributed by atoms with van der Waals surface area (Å²) in [5.74, 6) is 0.101. The van der Waals surface area contributed by atoms with E-state index in [1.807, 2.05) is 49.9 Å². The number of nitrogens with zero attached hydrogens (tertiary/aromatic N) is 3. The number of carbonyl (C=O) groups excluding carboxylic acids is 2. The highest BCUT2D eigenvalue weighted by Crippen LogP contribution is 2.41. The second kappa shape index (κ2) is 10.5. The molecule has 1 N–H and O–H groups in total. The summed E-state index contributed by atoms with van der Waals surface area (Å²) < 4.78 is 2.34. The Morgan fingerprint density at radius 3 is 2.57 bits per heavy atom. The van der Waals surface area contributed by atoms with E-state index < -0.39 is 0 Å². The first-order valence-electron chi connectivity index (χ1n) is 13.6. The molecular formula is C31H38N4O2. The van der Waals surface area contributed by atoms with Gasteiger partial charge in [0.1, 0.15) is 0 Å². The molecule has 0 saturated carbocycles. The number of hydrogen-bond donors (Lipinski definition) is 1. The molecule has 2 aromatic carbocycles. The SMILES string of the molecule is CCN(CC)C(=O)[C@@H]1C=C2c3cccc4c3c(cn4CCCNC(=O)c3ccc(C)cc3)C[C@H]2N(C)C1. The molecule has 2 amide bonds. The van der Waals surface area contributed by atoms with E-state index >= 15 is 0 Å². The van der Waals surface area contributed by atoms with Crippen molar-refractivity contribution in [3.05, 3.63) is 77.0 Å². The van der Waals surface area contributed by atoms with Gasteiger partial charge in [0.2, 0.25) is 5.91 Å². The van der Waals surface area contributed by atoms with Gasteiger partial charge in [0, 0.05) is 61.4 Å². The van der Waals surface area contributed by atoms with Gasteiger partial charge in [-0.15, -0.1) is 0 Å². The lowest BCUT2D eigenvalue weighted by Crippen LogP contribution is -2.47. The second-order valence-electron chi connectivity index (χ2n) is 10.4. The smallest absolute Gasteiger partial charge is 0.251 e. The molecule has 37 heavy (non-hydrogen) atoms. The van der Waals surface area contributed by atoms with E-state index in [-0.39, 0.29) is 17.7 Å². The summed E-state index contributed by atoms with van der Waals surface area (Å²) in [5.41, 5.74) is 7.01. The summed E-state index contributed by atoms with van der Waals surface area (Å²) >= 11 is 0. The standard InChI is InChI=1S/C31H38N4O2/c1-5-34(6-2)31(37)24-17-26-25-9-7-10-27-29(25)23(18-28(26)33(4)19-24)20-35(27)16-8-15-32-30(36)22-13-11-21(3)12-14-22/h7,9-14,17,20,24,28H,5-6,8,15-16,18-19H2,1-4H3,(H,32,36)/t24-,28-/m1/s1. The first-order chi connectivity index (χ1) is 17.9. The molecule has 1 aromatic heterocycles. The number of aromatic nitrogens is 1. The molecule has 3 aromatic rings. The Balaban J connectivity index is 1.34. The molecule has 2 aliphatic rings. The van der Waals surface area contributed by atoms with Crippen molar-refractivity contribution in [2.45, 2.75) is 46.2 Å². The molecule has 0 unspecified atom stereocenters. The van der Waals surface area contributed by atoms with Crippen LogP contribution in [0.1, 0.15) is 47.3 Å². The van der Waals surface area contributed by atoms with Crippen LogP contribution in [0.5, 0.6) is 0 Å². The van der Waals surface area contributed by atoms with Crippen molar-refractivity contribution in [1.82, 2.24) is 19.7 Å². The average Bonchev–Trinajstić information content (AvgIpc) is 3.26. The Bertz CT molecular complexity index is 1330. The Morgan fingerprint density at radius 1 is 1.08 bits per heavy atom. The Morgan fingerprint density at radius 2 is 1.84 bits per heavy atom. The maximum atomic E-state index is 13.2. The van der Waals surface area contributed by atoms with Crippen LogP contribution in [0.3, 0.4) is 0 Å². The van der Waals surface area contributed by atoms with Gasteiger partial charge in [-0.25, -0.2) is 0 Å². The molecule has 0 spiro atoms. The zero-order valence-corrected chi connectivity index (χ0v) is 22.5. The van der Waals surface area contributed by atoms with Crippen molar-refractivity contribution in [1.29, 1.82) is 0 Å². The van der Waals surface area contributed by atoms with E-state index in [4.69, 9.17) is 0 Å². The van der Waals surface area contributed by atoms with Crippen LogP contribution < -0.4 is 5.32 Å². The lowest BCUT2D eigenvalue weighted by atomic mass is 9.79. The fourth-order valence-corrected chi connectivity index (χ4v) is 6.00. The molecule has 0 bridgehead atoms. The van der Waals surface area contributed by atoms with Crippen molar-refractivity contribution in [3.63, 3.8) is 0 Å². The molecule has 2 heterocycles. The number of amides is 2. The van der Waals surface area contributed by atoms with Crippen LogP contribution in [0.15, 0.2) is 54.7 Å².